The Morgan fingerprint density at radius 1 is 1.19 bits per heavy atom. The lowest BCUT2D eigenvalue weighted by molar-refractivity contribution is -0.384. The Morgan fingerprint density at radius 2 is 1.88 bits per heavy atom. The van der Waals surface area contributed by atoms with Crippen molar-refractivity contribution in [3.8, 4) is 6.07 Å². The van der Waals surface area contributed by atoms with Crippen molar-refractivity contribution in [2.75, 3.05) is 31.1 Å². The highest BCUT2D eigenvalue weighted by atomic mass is 79.9. The first kappa shape index (κ1) is 18.8. The van der Waals surface area contributed by atoms with Crippen LogP contribution in [-0.4, -0.2) is 43.8 Å². The summed E-state index contributed by atoms with van der Waals surface area (Å²) >= 11 is 4.43. The minimum Gasteiger partial charge on any atom is -0.368 e. The van der Waals surface area contributed by atoms with Crippen LogP contribution in [0.1, 0.15) is 5.56 Å². The van der Waals surface area contributed by atoms with Gasteiger partial charge in [-0.05, 0) is 34.1 Å². The molecule has 1 aromatic carbocycles. The van der Waals surface area contributed by atoms with Crippen LogP contribution in [-0.2, 0) is 10.0 Å². The van der Waals surface area contributed by atoms with E-state index in [-0.39, 0.29) is 28.5 Å². The Bertz CT molecular complexity index is 991. The second-order valence-electron chi connectivity index (χ2n) is 5.52. The first-order valence-electron chi connectivity index (χ1n) is 7.52. The average molecular weight is 457 g/mol. The summed E-state index contributed by atoms with van der Waals surface area (Å²) in [6, 6.07) is 9.37. The van der Waals surface area contributed by atoms with Crippen LogP contribution in [0.25, 0.3) is 0 Å². The van der Waals surface area contributed by atoms with Crippen LogP contribution in [0, 0.1) is 21.4 Å². The lowest BCUT2D eigenvalue weighted by Gasteiger charge is -2.35. The molecule has 0 saturated carbocycles. The highest BCUT2D eigenvalue weighted by Gasteiger charge is 2.30. The molecule has 0 aliphatic carbocycles. The third-order valence-electron chi connectivity index (χ3n) is 4.03. The van der Waals surface area contributed by atoms with Crippen molar-refractivity contribution in [1.29, 1.82) is 5.26 Å². The summed E-state index contributed by atoms with van der Waals surface area (Å²) < 4.78 is 27.8. The molecule has 3 rings (SSSR count). The predicted molar refractivity (Wildman–Crippen MR) is 101 cm³/mol. The van der Waals surface area contributed by atoms with Gasteiger partial charge in [0, 0.05) is 38.3 Å². The van der Waals surface area contributed by atoms with Crippen LogP contribution in [0.4, 0.5) is 11.4 Å². The summed E-state index contributed by atoms with van der Waals surface area (Å²) in [5.41, 5.74) is 0.640. The standard InChI is InChI=1S/C15H13BrN4O4S2/c16-14-3-4-15(25-14)26(23,24)19-7-5-18(6-8-19)13-2-1-12(20(21)22)9-11(13)10-17/h1-4,9H,5-8H2. The largest absolute Gasteiger partial charge is 0.368 e. The van der Waals surface area contributed by atoms with E-state index in [0.717, 1.165) is 15.1 Å². The predicted octanol–water partition coefficient (Wildman–Crippen LogP) is 2.80. The molecule has 0 radical (unpaired) electrons. The molecule has 0 N–H and O–H groups in total. The molecule has 2 heterocycles. The molecule has 1 fully saturated rings. The summed E-state index contributed by atoms with van der Waals surface area (Å²) in [5.74, 6) is 0. The van der Waals surface area contributed by atoms with Gasteiger partial charge in [0.2, 0.25) is 0 Å². The number of halogens is 1. The summed E-state index contributed by atoms with van der Waals surface area (Å²) in [6.45, 7) is 1.36. The number of rotatable bonds is 4. The molecule has 8 nitrogen and oxygen atoms in total. The fraction of sp³-hybridized carbons (Fsp3) is 0.267. The summed E-state index contributed by atoms with van der Waals surface area (Å²) in [5, 5.41) is 20.1. The SMILES string of the molecule is N#Cc1cc([N+](=O)[O-])ccc1N1CCN(S(=O)(=O)c2ccc(Br)s2)CC1. The van der Waals surface area contributed by atoms with Gasteiger partial charge in [0.15, 0.2) is 0 Å². The van der Waals surface area contributed by atoms with E-state index < -0.39 is 14.9 Å². The zero-order chi connectivity index (χ0) is 18.9. The van der Waals surface area contributed by atoms with Crippen LogP contribution in [0.3, 0.4) is 0 Å². The fourth-order valence-corrected chi connectivity index (χ4v) is 6.32. The molecule has 2 aromatic rings. The van der Waals surface area contributed by atoms with Crippen LogP contribution < -0.4 is 4.90 Å². The average Bonchev–Trinajstić information content (AvgIpc) is 3.08. The van der Waals surface area contributed by atoms with Gasteiger partial charge in [-0.1, -0.05) is 0 Å². The van der Waals surface area contributed by atoms with Gasteiger partial charge in [0.25, 0.3) is 15.7 Å². The van der Waals surface area contributed by atoms with Crippen molar-refractivity contribution < 1.29 is 13.3 Å². The quantitative estimate of drug-likeness (QED) is 0.516. The van der Waals surface area contributed by atoms with E-state index in [9.17, 15) is 23.8 Å². The highest BCUT2D eigenvalue weighted by Crippen LogP contribution is 2.30. The molecule has 26 heavy (non-hydrogen) atoms. The molecule has 1 aliphatic heterocycles. The van der Waals surface area contributed by atoms with Gasteiger partial charge in [-0.3, -0.25) is 10.1 Å². The van der Waals surface area contributed by atoms with E-state index in [1.165, 1.54) is 22.5 Å². The molecule has 0 atom stereocenters. The molecule has 1 aliphatic rings. The monoisotopic (exact) mass is 456 g/mol. The maximum Gasteiger partial charge on any atom is 0.270 e. The Morgan fingerprint density at radius 3 is 2.42 bits per heavy atom. The number of piperazine rings is 1. The number of hydrogen-bond acceptors (Lipinski definition) is 7. The van der Waals surface area contributed by atoms with E-state index in [1.54, 1.807) is 12.1 Å². The van der Waals surface area contributed by atoms with Crippen molar-refractivity contribution in [3.05, 3.63) is 49.8 Å². The van der Waals surface area contributed by atoms with Gasteiger partial charge in [-0.25, -0.2) is 8.42 Å². The van der Waals surface area contributed by atoms with Gasteiger partial charge >= 0.3 is 0 Å². The van der Waals surface area contributed by atoms with Gasteiger partial charge in [0.1, 0.15) is 10.3 Å². The molecule has 136 valence electrons. The number of hydrogen-bond donors (Lipinski definition) is 0. The van der Waals surface area contributed by atoms with Crippen LogP contribution >= 0.6 is 27.3 Å². The molecule has 0 bridgehead atoms. The maximum atomic E-state index is 12.7. The lowest BCUT2D eigenvalue weighted by atomic mass is 10.1. The Hall–Kier alpha value is -2.00. The molecule has 1 saturated heterocycles. The van der Waals surface area contributed by atoms with Crippen LogP contribution in [0.15, 0.2) is 38.3 Å². The molecule has 0 amide bonds. The number of thiophene rings is 1. The lowest BCUT2D eigenvalue weighted by Crippen LogP contribution is -2.48. The van der Waals surface area contributed by atoms with E-state index in [0.29, 0.717) is 18.8 Å². The molecule has 11 heteroatoms. The van der Waals surface area contributed by atoms with Crippen molar-refractivity contribution in [1.82, 2.24) is 4.31 Å². The van der Waals surface area contributed by atoms with Crippen molar-refractivity contribution in [2.24, 2.45) is 0 Å². The molecule has 1 aromatic heterocycles. The van der Waals surface area contributed by atoms with Gasteiger partial charge in [-0.15, -0.1) is 11.3 Å². The number of benzene rings is 1. The Balaban J connectivity index is 1.77. The smallest absolute Gasteiger partial charge is 0.270 e. The van der Waals surface area contributed by atoms with E-state index >= 15 is 0 Å². The second-order valence-corrected chi connectivity index (χ2v) is 10.1. The van der Waals surface area contributed by atoms with Crippen molar-refractivity contribution in [3.63, 3.8) is 0 Å². The zero-order valence-electron chi connectivity index (χ0n) is 13.3. The number of nitro benzene ring substituents is 1. The third-order valence-corrected chi connectivity index (χ3v) is 8.02. The third kappa shape index (κ3) is 3.59. The Labute approximate surface area is 162 Å². The van der Waals surface area contributed by atoms with Crippen molar-refractivity contribution in [2.45, 2.75) is 4.21 Å². The normalized spacial score (nSPS) is 15.6. The number of nitriles is 1. The first-order valence-corrected chi connectivity index (χ1v) is 10.6. The van der Waals surface area contributed by atoms with Crippen molar-refractivity contribution >= 4 is 48.7 Å². The number of anilines is 1. The van der Waals surface area contributed by atoms with E-state index in [4.69, 9.17) is 0 Å². The van der Waals surface area contributed by atoms with E-state index in [1.807, 2.05) is 11.0 Å². The topological polar surface area (TPSA) is 108 Å². The van der Waals surface area contributed by atoms with E-state index in [2.05, 4.69) is 15.9 Å². The fourth-order valence-electron chi connectivity index (χ4n) is 2.74. The summed E-state index contributed by atoms with van der Waals surface area (Å²) in [7, 11) is -3.54. The zero-order valence-corrected chi connectivity index (χ0v) is 16.6. The number of nitro groups is 1. The van der Waals surface area contributed by atoms with Crippen LogP contribution in [0.2, 0.25) is 0 Å². The maximum absolute atomic E-state index is 12.7. The Kier molecular flexibility index (Phi) is 5.29. The van der Waals surface area contributed by atoms with Gasteiger partial charge < -0.3 is 4.90 Å². The number of non-ortho nitro benzene ring substituents is 1. The van der Waals surface area contributed by atoms with Gasteiger partial charge in [0.05, 0.1) is 20.0 Å². The summed E-state index contributed by atoms with van der Waals surface area (Å²) in [6.07, 6.45) is 0. The van der Waals surface area contributed by atoms with Crippen LogP contribution in [0.5, 0.6) is 0 Å². The minimum absolute atomic E-state index is 0.144. The molecular formula is C15H13BrN4O4S2. The summed E-state index contributed by atoms with van der Waals surface area (Å²) in [4.78, 5) is 12.2. The molecule has 0 unspecified atom stereocenters. The first-order chi connectivity index (χ1) is 12.3. The second kappa shape index (κ2) is 7.32. The molecular weight excluding hydrogens is 444 g/mol. The van der Waals surface area contributed by atoms with Gasteiger partial charge in [-0.2, -0.15) is 9.57 Å². The number of nitrogens with zero attached hydrogens (tertiary/aromatic N) is 4. The minimum atomic E-state index is -3.54. The molecule has 0 spiro atoms. The number of sulfonamides is 1. The highest BCUT2D eigenvalue weighted by molar-refractivity contribution is 9.11.